The summed E-state index contributed by atoms with van der Waals surface area (Å²) < 4.78 is 0. The average Bonchev–Trinajstić information content (AvgIpc) is 2.67. The van der Waals surface area contributed by atoms with Gasteiger partial charge in [-0.05, 0) is 0 Å². The number of hydrogen-bond acceptors (Lipinski definition) is 1. The van der Waals surface area contributed by atoms with Crippen LogP contribution in [0.5, 0.6) is 0 Å². The molecule has 0 amide bonds. The third-order valence-corrected chi connectivity index (χ3v) is 3.12. The Labute approximate surface area is 85.2 Å². The van der Waals surface area contributed by atoms with E-state index in [2.05, 4.69) is 24.3 Å². The van der Waals surface area contributed by atoms with E-state index >= 15 is 0 Å². The van der Waals surface area contributed by atoms with Gasteiger partial charge in [0.25, 0.3) is 0 Å². The summed E-state index contributed by atoms with van der Waals surface area (Å²) in [6, 6.07) is 11.0. The van der Waals surface area contributed by atoms with Gasteiger partial charge in [0.1, 0.15) is 12.6 Å². The molecule has 1 saturated heterocycles. The van der Waals surface area contributed by atoms with E-state index in [1.165, 1.54) is 24.9 Å². The van der Waals surface area contributed by atoms with Crippen molar-refractivity contribution in [1.82, 2.24) is 0 Å². The molecule has 76 valence electrons. The van der Waals surface area contributed by atoms with Crippen LogP contribution in [-0.4, -0.2) is 24.3 Å². The van der Waals surface area contributed by atoms with Crippen molar-refractivity contribution in [2.24, 2.45) is 0 Å². The van der Waals surface area contributed by atoms with E-state index in [1.807, 2.05) is 6.07 Å². The van der Waals surface area contributed by atoms with Gasteiger partial charge in [-0.15, -0.1) is 0 Å². The molecule has 1 aromatic rings. The quantitative estimate of drug-likeness (QED) is 0.704. The van der Waals surface area contributed by atoms with Crippen LogP contribution in [0.1, 0.15) is 18.4 Å². The number of nitrogens with one attached hydrogen (secondary N) is 1. The highest BCUT2D eigenvalue weighted by Gasteiger charge is 2.27. The van der Waals surface area contributed by atoms with Crippen molar-refractivity contribution in [3.8, 4) is 0 Å². The zero-order valence-corrected chi connectivity index (χ0v) is 8.45. The van der Waals surface area contributed by atoms with E-state index in [0.717, 1.165) is 6.54 Å². The normalized spacial score (nSPS) is 26.6. The summed E-state index contributed by atoms with van der Waals surface area (Å²) >= 11 is 0. The molecule has 0 aromatic heterocycles. The molecule has 1 aromatic carbocycles. The largest absolute Gasteiger partial charge is 0.390 e. The lowest BCUT2D eigenvalue weighted by Gasteiger charge is -2.19. The highest BCUT2D eigenvalue weighted by molar-refractivity contribution is 5.13. The first-order valence-corrected chi connectivity index (χ1v) is 5.39. The molecule has 1 unspecified atom stereocenters. The van der Waals surface area contributed by atoms with Crippen LogP contribution in [0.2, 0.25) is 0 Å². The van der Waals surface area contributed by atoms with Crippen LogP contribution in [-0.2, 0) is 6.54 Å². The van der Waals surface area contributed by atoms with Gasteiger partial charge in [-0.1, -0.05) is 30.3 Å². The maximum absolute atomic E-state index is 9.19. The lowest BCUT2D eigenvalue weighted by atomic mass is 10.2. The summed E-state index contributed by atoms with van der Waals surface area (Å²) in [6.07, 6.45) is 2.44. The van der Waals surface area contributed by atoms with Crippen molar-refractivity contribution in [1.29, 1.82) is 0 Å². The Balaban J connectivity index is 1.97. The van der Waals surface area contributed by atoms with Crippen LogP contribution in [0.4, 0.5) is 0 Å². The van der Waals surface area contributed by atoms with E-state index in [1.54, 1.807) is 4.90 Å². The first kappa shape index (κ1) is 9.69. The minimum atomic E-state index is 0.335. The summed E-state index contributed by atoms with van der Waals surface area (Å²) in [5, 5.41) is 9.19. The molecule has 0 saturated carbocycles. The minimum absolute atomic E-state index is 0.335. The molecular formula is C12H18NO+. The molecular weight excluding hydrogens is 174 g/mol. The van der Waals surface area contributed by atoms with Gasteiger partial charge >= 0.3 is 0 Å². The fourth-order valence-corrected chi connectivity index (χ4v) is 2.29. The van der Waals surface area contributed by atoms with Gasteiger partial charge in [-0.2, -0.15) is 0 Å². The lowest BCUT2D eigenvalue weighted by Crippen LogP contribution is -3.12. The minimum Gasteiger partial charge on any atom is -0.390 e. The molecule has 0 aliphatic carbocycles. The topological polar surface area (TPSA) is 24.7 Å². The second-order valence-electron chi connectivity index (χ2n) is 4.09. The van der Waals surface area contributed by atoms with Crippen molar-refractivity contribution in [3.05, 3.63) is 35.9 Å². The van der Waals surface area contributed by atoms with Crippen molar-refractivity contribution in [3.63, 3.8) is 0 Å². The predicted octanol–water partition coefficient (Wildman–Crippen LogP) is 0.226. The number of benzene rings is 1. The van der Waals surface area contributed by atoms with Crippen LogP contribution < -0.4 is 4.90 Å². The molecule has 2 N–H and O–H groups in total. The van der Waals surface area contributed by atoms with Crippen LogP contribution in [0.3, 0.4) is 0 Å². The van der Waals surface area contributed by atoms with Crippen LogP contribution in [0, 0.1) is 0 Å². The highest BCUT2D eigenvalue weighted by Crippen LogP contribution is 2.02. The Morgan fingerprint density at radius 2 is 2.07 bits per heavy atom. The monoisotopic (exact) mass is 192 g/mol. The summed E-state index contributed by atoms with van der Waals surface area (Å²) in [5.41, 5.74) is 1.38. The molecule has 0 bridgehead atoms. The van der Waals surface area contributed by atoms with E-state index in [0.29, 0.717) is 12.6 Å². The summed E-state index contributed by atoms with van der Waals surface area (Å²) in [4.78, 5) is 1.54. The molecule has 1 heterocycles. The number of quaternary nitrogens is 1. The van der Waals surface area contributed by atoms with E-state index in [4.69, 9.17) is 0 Å². The zero-order valence-electron chi connectivity index (χ0n) is 8.45. The summed E-state index contributed by atoms with van der Waals surface area (Å²) in [6.45, 7) is 2.61. The van der Waals surface area contributed by atoms with Gasteiger partial charge < -0.3 is 10.0 Å². The van der Waals surface area contributed by atoms with E-state index in [9.17, 15) is 5.11 Å². The van der Waals surface area contributed by atoms with Gasteiger partial charge in [0.05, 0.1) is 13.2 Å². The SMILES string of the molecule is OC[C@@H]1CCC[NH+]1Cc1ccccc1. The predicted molar refractivity (Wildman–Crippen MR) is 56.1 cm³/mol. The molecule has 0 spiro atoms. The lowest BCUT2D eigenvalue weighted by molar-refractivity contribution is -0.926. The smallest absolute Gasteiger partial charge is 0.111 e. The molecule has 2 rings (SSSR count). The number of aliphatic hydroxyl groups excluding tert-OH is 1. The highest BCUT2D eigenvalue weighted by atomic mass is 16.3. The standard InChI is InChI=1S/C12H17NO/c14-10-12-7-4-8-13(12)9-11-5-2-1-3-6-11/h1-3,5-6,12,14H,4,7-10H2/p+1/t12-/m0/s1. The van der Waals surface area contributed by atoms with E-state index < -0.39 is 0 Å². The van der Waals surface area contributed by atoms with Gasteiger partial charge in [-0.25, -0.2) is 0 Å². The van der Waals surface area contributed by atoms with Gasteiger partial charge in [-0.3, -0.25) is 0 Å². The third kappa shape index (κ3) is 2.14. The third-order valence-electron chi connectivity index (χ3n) is 3.12. The second kappa shape index (κ2) is 4.58. The molecule has 2 nitrogen and oxygen atoms in total. The summed E-state index contributed by atoms with van der Waals surface area (Å²) in [5.74, 6) is 0. The fourth-order valence-electron chi connectivity index (χ4n) is 2.29. The number of likely N-dealkylation sites (tertiary alicyclic amines) is 1. The van der Waals surface area contributed by atoms with Crippen molar-refractivity contribution >= 4 is 0 Å². The Kier molecular flexibility index (Phi) is 3.17. The van der Waals surface area contributed by atoms with Crippen LogP contribution >= 0.6 is 0 Å². The molecule has 14 heavy (non-hydrogen) atoms. The van der Waals surface area contributed by atoms with Gasteiger partial charge in [0, 0.05) is 18.4 Å². The Hall–Kier alpha value is -0.860. The first-order chi connectivity index (χ1) is 6.90. The molecule has 0 radical (unpaired) electrons. The number of rotatable bonds is 3. The zero-order chi connectivity index (χ0) is 9.80. The molecule has 2 atom stereocenters. The number of aliphatic hydroxyl groups is 1. The van der Waals surface area contributed by atoms with Crippen LogP contribution in [0.15, 0.2) is 30.3 Å². The average molecular weight is 192 g/mol. The van der Waals surface area contributed by atoms with Crippen molar-refractivity contribution in [2.45, 2.75) is 25.4 Å². The van der Waals surface area contributed by atoms with E-state index in [-0.39, 0.29) is 0 Å². The first-order valence-electron chi connectivity index (χ1n) is 5.39. The fraction of sp³-hybridized carbons (Fsp3) is 0.500. The molecule has 1 aliphatic rings. The second-order valence-corrected chi connectivity index (χ2v) is 4.09. The number of hydrogen-bond donors (Lipinski definition) is 2. The van der Waals surface area contributed by atoms with Crippen molar-refractivity contribution in [2.75, 3.05) is 13.2 Å². The molecule has 2 heteroatoms. The van der Waals surface area contributed by atoms with Gasteiger partial charge in [0.15, 0.2) is 0 Å². The van der Waals surface area contributed by atoms with Gasteiger partial charge in [0.2, 0.25) is 0 Å². The molecule has 1 aliphatic heterocycles. The maximum Gasteiger partial charge on any atom is 0.111 e. The van der Waals surface area contributed by atoms with Crippen molar-refractivity contribution < 1.29 is 10.0 Å². The summed E-state index contributed by atoms with van der Waals surface area (Å²) in [7, 11) is 0. The van der Waals surface area contributed by atoms with Crippen LogP contribution in [0.25, 0.3) is 0 Å². The Morgan fingerprint density at radius 3 is 2.79 bits per heavy atom. The molecule has 1 fully saturated rings. The maximum atomic E-state index is 9.19. The Bertz CT molecular complexity index is 273. The Morgan fingerprint density at radius 1 is 1.29 bits per heavy atom.